The number of aromatic nitrogens is 1. The summed E-state index contributed by atoms with van der Waals surface area (Å²) in [5, 5.41) is 0. The molecule has 1 amide bonds. The van der Waals surface area contributed by atoms with E-state index in [4.69, 9.17) is 4.74 Å². The van der Waals surface area contributed by atoms with Crippen molar-refractivity contribution in [2.24, 2.45) is 0 Å². The molecule has 0 aliphatic carbocycles. The molecule has 1 saturated heterocycles. The zero-order chi connectivity index (χ0) is 13.5. The van der Waals surface area contributed by atoms with Crippen LogP contribution in [0, 0.1) is 0 Å². The molecule has 1 aliphatic rings. The molecule has 1 fully saturated rings. The average Bonchev–Trinajstić information content (AvgIpc) is 2.98. The van der Waals surface area contributed by atoms with Crippen LogP contribution in [0.2, 0.25) is 0 Å². The molecule has 0 bridgehead atoms. The van der Waals surface area contributed by atoms with Crippen LogP contribution in [-0.4, -0.2) is 35.0 Å². The minimum atomic E-state index is -0.236. The first-order chi connectivity index (χ1) is 9.31. The van der Waals surface area contributed by atoms with Crippen molar-refractivity contribution in [3.63, 3.8) is 0 Å². The Hall–Kier alpha value is -1.42. The number of carbonyl (C=O) groups is 1. The summed E-state index contributed by atoms with van der Waals surface area (Å²) in [7, 11) is 0. The summed E-state index contributed by atoms with van der Waals surface area (Å²) in [5.74, 6) is 0.122. The van der Waals surface area contributed by atoms with Crippen LogP contribution in [-0.2, 0) is 16.1 Å². The minimum Gasteiger partial charge on any atom is -0.368 e. The van der Waals surface area contributed by atoms with E-state index in [1.807, 2.05) is 23.1 Å². The van der Waals surface area contributed by atoms with Crippen molar-refractivity contribution in [3.05, 3.63) is 30.1 Å². The third kappa shape index (κ3) is 4.03. The smallest absolute Gasteiger partial charge is 0.252 e. The van der Waals surface area contributed by atoms with Gasteiger partial charge in [-0.05, 0) is 31.4 Å². The Labute approximate surface area is 114 Å². The van der Waals surface area contributed by atoms with Gasteiger partial charge in [-0.15, -0.1) is 0 Å². The van der Waals surface area contributed by atoms with Crippen LogP contribution in [0.15, 0.2) is 24.4 Å². The molecule has 2 heterocycles. The van der Waals surface area contributed by atoms with E-state index >= 15 is 0 Å². The molecule has 4 heteroatoms. The molecule has 1 aromatic heterocycles. The highest BCUT2D eigenvalue weighted by Gasteiger charge is 2.28. The first-order valence-electron chi connectivity index (χ1n) is 7.11. The Bertz CT molecular complexity index is 388. The first-order valence-corrected chi connectivity index (χ1v) is 7.11. The maximum atomic E-state index is 12.4. The van der Waals surface area contributed by atoms with Crippen molar-refractivity contribution < 1.29 is 9.53 Å². The fourth-order valence-electron chi connectivity index (χ4n) is 2.28. The number of rotatable bonds is 6. The highest BCUT2D eigenvalue weighted by atomic mass is 16.5. The second kappa shape index (κ2) is 7.24. The summed E-state index contributed by atoms with van der Waals surface area (Å²) in [6, 6.07) is 5.81. The summed E-state index contributed by atoms with van der Waals surface area (Å²) in [6.07, 6.45) is 5.47. The summed E-state index contributed by atoms with van der Waals surface area (Å²) < 4.78 is 5.50. The molecule has 4 nitrogen and oxygen atoms in total. The van der Waals surface area contributed by atoms with Gasteiger partial charge in [-0.3, -0.25) is 9.78 Å². The number of ether oxygens (including phenoxy) is 1. The SMILES string of the molecule is CCCCN(Cc1ccccn1)C(=O)C1CCCO1. The van der Waals surface area contributed by atoms with Gasteiger partial charge in [-0.1, -0.05) is 19.4 Å². The first kappa shape index (κ1) is 14.0. The molecule has 19 heavy (non-hydrogen) atoms. The van der Waals surface area contributed by atoms with Gasteiger partial charge in [-0.25, -0.2) is 0 Å². The van der Waals surface area contributed by atoms with Crippen molar-refractivity contribution in [2.75, 3.05) is 13.2 Å². The molecule has 0 aromatic carbocycles. The number of nitrogens with zero attached hydrogens (tertiary/aromatic N) is 2. The van der Waals surface area contributed by atoms with Crippen LogP contribution in [0.4, 0.5) is 0 Å². The molecule has 1 unspecified atom stereocenters. The average molecular weight is 262 g/mol. The number of pyridine rings is 1. The quantitative estimate of drug-likeness (QED) is 0.790. The Morgan fingerprint density at radius 1 is 1.53 bits per heavy atom. The zero-order valence-corrected chi connectivity index (χ0v) is 11.5. The van der Waals surface area contributed by atoms with E-state index < -0.39 is 0 Å². The van der Waals surface area contributed by atoms with Crippen LogP contribution in [0.5, 0.6) is 0 Å². The molecule has 0 radical (unpaired) electrons. The second-order valence-corrected chi connectivity index (χ2v) is 4.94. The fraction of sp³-hybridized carbons (Fsp3) is 0.600. The van der Waals surface area contributed by atoms with Crippen LogP contribution in [0.1, 0.15) is 38.3 Å². The van der Waals surface area contributed by atoms with E-state index in [2.05, 4.69) is 11.9 Å². The molecular formula is C15H22N2O2. The normalized spacial score (nSPS) is 18.5. The van der Waals surface area contributed by atoms with Crippen LogP contribution >= 0.6 is 0 Å². The summed E-state index contributed by atoms with van der Waals surface area (Å²) in [5.41, 5.74) is 0.935. The highest BCUT2D eigenvalue weighted by Crippen LogP contribution is 2.16. The molecule has 2 rings (SSSR count). The molecule has 104 valence electrons. The summed E-state index contributed by atoms with van der Waals surface area (Å²) in [6.45, 7) is 4.21. The lowest BCUT2D eigenvalue weighted by atomic mass is 10.2. The summed E-state index contributed by atoms with van der Waals surface area (Å²) in [4.78, 5) is 18.6. The van der Waals surface area contributed by atoms with Crippen molar-refractivity contribution in [1.82, 2.24) is 9.88 Å². The predicted octanol–water partition coefficient (Wildman–Crippen LogP) is 2.39. The molecule has 1 aliphatic heterocycles. The number of amides is 1. The van der Waals surface area contributed by atoms with Crippen molar-refractivity contribution in [3.8, 4) is 0 Å². The van der Waals surface area contributed by atoms with Gasteiger partial charge in [-0.2, -0.15) is 0 Å². The van der Waals surface area contributed by atoms with E-state index in [0.29, 0.717) is 13.2 Å². The van der Waals surface area contributed by atoms with Gasteiger partial charge in [0.2, 0.25) is 0 Å². The Morgan fingerprint density at radius 3 is 3.05 bits per heavy atom. The molecular weight excluding hydrogens is 240 g/mol. The van der Waals surface area contributed by atoms with Gasteiger partial charge in [0.1, 0.15) is 6.10 Å². The van der Waals surface area contributed by atoms with E-state index in [1.54, 1.807) is 6.20 Å². The maximum absolute atomic E-state index is 12.4. The van der Waals surface area contributed by atoms with Crippen molar-refractivity contribution >= 4 is 5.91 Å². The predicted molar refractivity (Wildman–Crippen MR) is 73.5 cm³/mol. The van der Waals surface area contributed by atoms with Crippen LogP contribution in [0.3, 0.4) is 0 Å². The lowest BCUT2D eigenvalue weighted by Crippen LogP contribution is -2.39. The fourth-order valence-corrected chi connectivity index (χ4v) is 2.28. The Morgan fingerprint density at radius 2 is 2.42 bits per heavy atom. The lowest BCUT2D eigenvalue weighted by molar-refractivity contribution is -0.141. The zero-order valence-electron chi connectivity index (χ0n) is 11.5. The van der Waals surface area contributed by atoms with Gasteiger partial charge in [0, 0.05) is 19.3 Å². The van der Waals surface area contributed by atoms with Crippen LogP contribution in [0.25, 0.3) is 0 Å². The summed E-state index contributed by atoms with van der Waals surface area (Å²) >= 11 is 0. The molecule has 0 spiro atoms. The van der Waals surface area contributed by atoms with Crippen LogP contribution < -0.4 is 0 Å². The number of hydrogen-bond donors (Lipinski definition) is 0. The van der Waals surface area contributed by atoms with Gasteiger partial charge < -0.3 is 9.64 Å². The van der Waals surface area contributed by atoms with Crippen molar-refractivity contribution in [2.45, 2.75) is 45.3 Å². The minimum absolute atomic E-state index is 0.122. The molecule has 0 saturated carbocycles. The number of carbonyl (C=O) groups excluding carboxylic acids is 1. The maximum Gasteiger partial charge on any atom is 0.252 e. The third-order valence-corrected chi connectivity index (χ3v) is 3.38. The van der Waals surface area contributed by atoms with Crippen molar-refractivity contribution in [1.29, 1.82) is 0 Å². The van der Waals surface area contributed by atoms with E-state index in [-0.39, 0.29) is 12.0 Å². The van der Waals surface area contributed by atoms with Gasteiger partial charge in [0.15, 0.2) is 0 Å². The van der Waals surface area contributed by atoms with E-state index in [0.717, 1.165) is 37.9 Å². The largest absolute Gasteiger partial charge is 0.368 e. The topological polar surface area (TPSA) is 42.4 Å². The molecule has 0 N–H and O–H groups in total. The van der Waals surface area contributed by atoms with E-state index in [9.17, 15) is 4.79 Å². The number of unbranched alkanes of at least 4 members (excludes halogenated alkanes) is 1. The lowest BCUT2D eigenvalue weighted by Gasteiger charge is -2.25. The highest BCUT2D eigenvalue weighted by molar-refractivity contribution is 5.81. The monoisotopic (exact) mass is 262 g/mol. The number of hydrogen-bond acceptors (Lipinski definition) is 3. The Balaban J connectivity index is 2.00. The third-order valence-electron chi connectivity index (χ3n) is 3.38. The van der Waals surface area contributed by atoms with E-state index in [1.165, 1.54) is 0 Å². The second-order valence-electron chi connectivity index (χ2n) is 4.94. The van der Waals surface area contributed by atoms with Gasteiger partial charge in [0.05, 0.1) is 12.2 Å². The van der Waals surface area contributed by atoms with Gasteiger partial charge in [0.25, 0.3) is 5.91 Å². The van der Waals surface area contributed by atoms with Gasteiger partial charge >= 0.3 is 0 Å². The standard InChI is InChI=1S/C15H22N2O2/c1-2-3-10-17(12-13-7-4-5-9-16-13)15(18)14-8-6-11-19-14/h4-5,7,9,14H,2-3,6,8,10-12H2,1H3. The molecule has 1 atom stereocenters. The molecule has 1 aromatic rings. The Kier molecular flexibility index (Phi) is 5.33.